The lowest BCUT2D eigenvalue weighted by Crippen LogP contribution is -2.58. The summed E-state index contributed by atoms with van der Waals surface area (Å²) < 4.78 is 0. The van der Waals surface area contributed by atoms with Gasteiger partial charge in [-0.25, -0.2) is 4.79 Å². The lowest BCUT2D eigenvalue weighted by molar-refractivity contribution is -0.143. The van der Waals surface area contributed by atoms with Gasteiger partial charge in [0.25, 0.3) is 0 Å². The first-order chi connectivity index (χ1) is 15.7. The van der Waals surface area contributed by atoms with Crippen molar-refractivity contribution >= 4 is 36.3 Å². The topological polar surface area (TPSA) is 142 Å². The summed E-state index contributed by atoms with van der Waals surface area (Å²) in [6.45, 7) is 4.11. The van der Waals surface area contributed by atoms with E-state index in [-0.39, 0.29) is 24.0 Å². The van der Waals surface area contributed by atoms with Crippen LogP contribution in [-0.2, 0) is 25.6 Å². The molecular formula is C23H34N4O5S. The van der Waals surface area contributed by atoms with Gasteiger partial charge < -0.3 is 26.4 Å². The number of carbonyl (C=O) groups is 4. The van der Waals surface area contributed by atoms with E-state index in [2.05, 4.69) is 23.3 Å². The molecule has 0 spiro atoms. The summed E-state index contributed by atoms with van der Waals surface area (Å²) in [7, 11) is 0. The Morgan fingerprint density at radius 3 is 2.45 bits per heavy atom. The van der Waals surface area contributed by atoms with E-state index in [9.17, 15) is 24.3 Å². The van der Waals surface area contributed by atoms with Crippen molar-refractivity contribution in [1.29, 1.82) is 0 Å². The number of likely N-dealkylation sites (tertiary alicyclic amines) is 1. The highest BCUT2D eigenvalue weighted by molar-refractivity contribution is 7.80. The number of nitrogens with zero attached hydrogens (tertiary/aromatic N) is 1. The van der Waals surface area contributed by atoms with Crippen LogP contribution in [0.5, 0.6) is 0 Å². The van der Waals surface area contributed by atoms with Crippen LogP contribution in [-0.4, -0.2) is 70.2 Å². The molecule has 0 aromatic heterocycles. The second-order valence-corrected chi connectivity index (χ2v) is 8.80. The lowest BCUT2D eigenvalue weighted by atomic mass is 9.96. The minimum Gasteiger partial charge on any atom is -0.480 e. The van der Waals surface area contributed by atoms with Crippen LogP contribution in [0.1, 0.15) is 38.7 Å². The van der Waals surface area contributed by atoms with Crippen LogP contribution in [0.4, 0.5) is 0 Å². The van der Waals surface area contributed by atoms with Gasteiger partial charge in [0.2, 0.25) is 17.7 Å². The van der Waals surface area contributed by atoms with Crippen molar-refractivity contribution in [3.05, 3.63) is 35.9 Å². The van der Waals surface area contributed by atoms with E-state index < -0.39 is 42.0 Å². The molecule has 9 nitrogen and oxygen atoms in total. The number of aliphatic carboxylic acids is 1. The summed E-state index contributed by atoms with van der Waals surface area (Å²) in [5.41, 5.74) is 6.58. The number of carboxylic acids is 1. The highest BCUT2D eigenvalue weighted by atomic mass is 32.1. The van der Waals surface area contributed by atoms with E-state index in [4.69, 9.17) is 5.73 Å². The molecule has 1 heterocycles. The van der Waals surface area contributed by atoms with Crippen molar-refractivity contribution in [3.8, 4) is 0 Å². The summed E-state index contributed by atoms with van der Waals surface area (Å²) in [6, 6.07) is 5.41. The third kappa shape index (κ3) is 7.20. The van der Waals surface area contributed by atoms with E-state index in [0.29, 0.717) is 25.8 Å². The van der Waals surface area contributed by atoms with Gasteiger partial charge in [0.1, 0.15) is 18.1 Å². The van der Waals surface area contributed by atoms with E-state index in [1.165, 1.54) is 4.90 Å². The Hall–Kier alpha value is -2.59. The van der Waals surface area contributed by atoms with E-state index in [1.54, 1.807) is 24.3 Å². The second kappa shape index (κ2) is 12.6. The Morgan fingerprint density at radius 1 is 1.21 bits per heavy atom. The molecule has 1 saturated heterocycles. The van der Waals surface area contributed by atoms with Gasteiger partial charge >= 0.3 is 5.97 Å². The maximum Gasteiger partial charge on any atom is 0.326 e. The molecule has 1 aromatic carbocycles. The van der Waals surface area contributed by atoms with Crippen molar-refractivity contribution in [1.82, 2.24) is 15.5 Å². The number of rotatable bonds is 11. The molecule has 0 saturated carbocycles. The third-order valence-electron chi connectivity index (χ3n) is 6.04. The standard InChI is InChI=1S/C23H34N4O5S/c1-3-14(2)19(21(29)25-17(23(31)32)12-15-8-5-4-6-9-15)26-20(28)18-10-7-11-27(18)22(30)16(24)13-33/h4-6,8-9,14,16-19,33H,3,7,10-13,24H2,1-2H3,(H,25,29)(H,26,28)(H,31,32). The van der Waals surface area contributed by atoms with Crippen molar-refractivity contribution in [2.45, 2.75) is 63.7 Å². The maximum atomic E-state index is 13.1. The fourth-order valence-electron chi connectivity index (χ4n) is 3.86. The molecule has 1 fully saturated rings. The summed E-state index contributed by atoms with van der Waals surface area (Å²) in [4.78, 5) is 51.9. The second-order valence-electron chi connectivity index (χ2n) is 8.44. The zero-order valence-electron chi connectivity index (χ0n) is 19.1. The molecule has 1 aliphatic rings. The molecule has 3 amide bonds. The number of amides is 3. The summed E-state index contributed by atoms with van der Waals surface area (Å²) in [5, 5.41) is 15.0. The highest BCUT2D eigenvalue weighted by Crippen LogP contribution is 2.20. The number of carbonyl (C=O) groups excluding carboxylic acids is 3. The first-order valence-corrected chi connectivity index (χ1v) is 11.9. The van der Waals surface area contributed by atoms with Crippen LogP contribution in [0.3, 0.4) is 0 Å². The maximum absolute atomic E-state index is 13.1. The molecule has 10 heteroatoms. The van der Waals surface area contributed by atoms with Crippen molar-refractivity contribution < 1.29 is 24.3 Å². The van der Waals surface area contributed by atoms with Crippen LogP contribution in [0.15, 0.2) is 30.3 Å². The largest absolute Gasteiger partial charge is 0.480 e. The first kappa shape index (κ1) is 26.7. The number of nitrogens with one attached hydrogen (secondary N) is 2. The molecule has 0 aliphatic carbocycles. The van der Waals surface area contributed by atoms with Crippen LogP contribution in [0.2, 0.25) is 0 Å². The van der Waals surface area contributed by atoms with Gasteiger partial charge in [0.15, 0.2) is 0 Å². The molecule has 5 unspecified atom stereocenters. The van der Waals surface area contributed by atoms with Gasteiger partial charge in [-0.2, -0.15) is 12.6 Å². The number of benzene rings is 1. The molecule has 0 radical (unpaired) electrons. The third-order valence-corrected chi connectivity index (χ3v) is 6.44. The predicted octanol–water partition coefficient (Wildman–Crippen LogP) is 0.578. The minimum absolute atomic E-state index is 0.121. The van der Waals surface area contributed by atoms with Gasteiger partial charge in [0, 0.05) is 18.7 Å². The Morgan fingerprint density at radius 2 is 1.88 bits per heavy atom. The Kier molecular flexibility index (Phi) is 10.2. The first-order valence-electron chi connectivity index (χ1n) is 11.2. The zero-order chi connectivity index (χ0) is 24.5. The van der Waals surface area contributed by atoms with Gasteiger partial charge in [-0.1, -0.05) is 50.6 Å². The van der Waals surface area contributed by atoms with E-state index in [0.717, 1.165) is 5.56 Å². The van der Waals surface area contributed by atoms with Crippen LogP contribution in [0, 0.1) is 5.92 Å². The van der Waals surface area contributed by atoms with Crippen LogP contribution < -0.4 is 16.4 Å². The predicted molar refractivity (Wildman–Crippen MR) is 128 cm³/mol. The van der Waals surface area contributed by atoms with Crippen molar-refractivity contribution in [3.63, 3.8) is 0 Å². The summed E-state index contributed by atoms with van der Waals surface area (Å²) >= 11 is 4.06. The number of thiol groups is 1. The summed E-state index contributed by atoms with van der Waals surface area (Å²) in [5.74, 6) is -2.59. The fourth-order valence-corrected chi connectivity index (χ4v) is 4.01. The Labute approximate surface area is 199 Å². The fraction of sp³-hybridized carbons (Fsp3) is 0.565. The SMILES string of the molecule is CCC(C)C(NC(=O)C1CCCN1C(=O)C(N)CS)C(=O)NC(Cc1ccccc1)C(=O)O. The molecule has 0 bridgehead atoms. The molecular weight excluding hydrogens is 444 g/mol. The molecule has 33 heavy (non-hydrogen) atoms. The average Bonchev–Trinajstić information content (AvgIpc) is 3.31. The Balaban J connectivity index is 2.12. The van der Waals surface area contributed by atoms with Crippen LogP contribution in [0.25, 0.3) is 0 Å². The normalized spacial score (nSPS) is 19.3. The van der Waals surface area contributed by atoms with Crippen molar-refractivity contribution in [2.75, 3.05) is 12.3 Å². The summed E-state index contributed by atoms with van der Waals surface area (Å²) in [6.07, 6.45) is 1.83. The smallest absolute Gasteiger partial charge is 0.326 e. The van der Waals surface area contributed by atoms with Gasteiger partial charge in [-0.15, -0.1) is 0 Å². The lowest BCUT2D eigenvalue weighted by Gasteiger charge is -2.30. The number of hydrogen-bond donors (Lipinski definition) is 5. The number of nitrogens with two attached hydrogens (primary N) is 1. The molecule has 182 valence electrons. The monoisotopic (exact) mass is 478 g/mol. The zero-order valence-corrected chi connectivity index (χ0v) is 20.0. The van der Waals surface area contributed by atoms with Gasteiger partial charge in [-0.3, -0.25) is 14.4 Å². The minimum atomic E-state index is -1.16. The van der Waals surface area contributed by atoms with E-state index >= 15 is 0 Å². The van der Waals surface area contributed by atoms with Crippen LogP contribution >= 0.6 is 12.6 Å². The Bertz CT molecular complexity index is 837. The molecule has 1 aliphatic heterocycles. The molecule has 1 aromatic rings. The number of carboxylic acid groups (broad SMARTS) is 1. The molecule has 2 rings (SSSR count). The van der Waals surface area contributed by atoms with Crippen molar-refractivity contribution in [2.24, 2.45) is 11.7 Å². The quantitative estimate of drug-likeness (QED) is 0.295. The van der Waals surface area contributed by atoms with Gasteiger partial charge in [-0.05, 0) is 24.3 Å². The van der Waals surface area contributed by atoms with Gasteiger partial charge in [0.05, 0.1) is 6.04 Å². The average molecular weight is 479 g/mol. The van der Waals surface area contributed by atoms with E-state index in [1.807, 2.05) is 19.9 Å². The highest BCUT2D eigenvalue weighted by Gasteiger charge is 2.38. The molecule has 5 N–H and O–H groups in total. The molecule has 5 atom stereocenters. The number of hydrogen-bond acceptors (Lipinski definition) is 6.